The van der Waals surface area contributed by atoms with Crippen LogP contribution in [0.15, 0.2) is 48.5 Å². The van der Waals surface area contributed by atoms with E-state index in [1.807, 2.05) is 12.1 Å². The van der Waals surface area contributed by atoms with Crippen molar-refractivity contribution in [1.29, 1.82) is 0 Å². The van der Waals surface area contributed by atoms with Gasteiger partial charge in [-0.15, -0.1) is 0 Å². The Morgan fingerprint density at radius 2 is 1.76 bits per heavy atom. The third-order valence-electron chi connectivity index (χ3n) is 4.47. The molecular formula is C20H22N2O6S. The summed E-state index contributed by atoms with van der Waals surface area (Å²) in [6.45, 7) is 0.330. The van der Waals surface area contributed by atoms with Crippen LogP contribution in [0.25, 0.3) is 0 Å². The van der Waals surface area contributed by atoms with Crippen LogP contribution in [0.5, 0.6) is 5.75 Å². The molecule has 1 N–H and O–H groups in total. The molecule has 0 unspecified atom stereocenters. The minimum absolute atomic E-state index is 0.127. The van der Waals surface area contributed by atoms with Crippen LogP contribution < -0.4 is 14.4 Å². The van der Waals surface area contributed by atoms with E-state index in [0.717, 1.165) is 11.3 Å². The van der Waals surface area contributed by atoms with Crippen LogP contribution in [-0.4, -0.2) is 46.3 Å². The largest absolute Gasteiger partial charge is 0.497 e. The molecule has 1 fully saturated rings. The first-order valence-corrected chi connectivity index (χ1v) is 10.7. The van der Waals surface area contributed by atoms with Gasteiger partial charge in [0.25, 0.3) is 5.91 Å². The third-order valence-corrected chi connectivity index (χ3v) is 6.34. The van der Waals surface area contributed by atoms with Crippen molar-refractivity contribution in [3.8, 4) is 5.75 Å². The van der Waals surface area contributed by atoms with Gasteiger partial charge in [0.15, 0.2) is 6.61 Å². The number of carbonyl (C=O) groups is 2. The Balaban J connectivity index is 1.47. The van der Waals surface area contributed by atoms with Crippen LogP contribution in [0, 0.1) is 0 Å². The first-order valence-electron chi connectivity index (χ1n) is 9.06. The molecular weight excluding hydrogens is 396 g/mol. The molecule has 8 nitrogen and oxygen atoms in total. The van der Waals surface area contributed by atoms with Crippen molar-refractivity contribution in [2.75, 3.05) is 30.3 Å². The van der Waals surface area contributed by atoms with Crippen molar-refractivity contribution >= 4 is 27.6 Å². The molecule has 9 heteroatoms. The summed E-state index contributed by atoms with van der Waals surface area (Å²) in [6, 6.07) is 13.3. The molecule has 0 aliphatic carbocycles. The molecule has 0 spiro atoms. The van der Waals surface area contributed by atoms with E-state index in [9.17, 15) is 18.0 Å². The number of sulfonamides is 1. The van der Waals surface area contributed by atoms with Gasteiger partial charge in [0.05, 0.1) is 24.1 Å². The van der Waals surface area contributed by atoms with Crippen LogP contribution in [-0.2, 0) is 26.1 Å². The number of hydrogen-bond acceptors (Lipinski definition) is 6. The maximum absolute atomic E-state index is 12.1. The number of methoxy groups -OCH3 is 1. The number of carbonyl (C=O) groups excluding carboxylic acids is 2. The summed E-state index contributed by atoms with van der Waals surface area (Å²) in [5.41, 5.74) is 1.64. The second-order valence-electron chi connectivity index (χ2n) is 6.49. The molecule has 0 saturated carbocycles. The van der Waals surface area contributed by atoms with E-state index in [2.05, 4.69) is 5.32 Å². The molecule has 3 rings (SSSR count). The maximum Gasteiger partial charge on any atom is 0.338 e. The van der Waals surface area contributed by atoms with Crippen molar-refractivity contribution in [2.24, 2.45) is 0 Å². The molecule has 1 saturated heterocycles. The number of benzene rings is 2. The highest BCUT2D eigenvalue weighted by atomic mass is 32.2. The lowest BCUT2D eigenvalue weighted by atomic mass is 10.2. The van der Waals surface area contributed by atoms with Gasteiger partial charge in [0, 0.05) is 13.1 Å². The Kier molecular flexibility index (Phi) is 6.38. The van der Waals surface area contributed by atoms with Gasteiger partial charge >= 0.3 is 5.97 Å². The van der Waals surface area contributed by atoms with Crippen LogP contribution >= 0.6 is 0 Å². The molecule has 1 aliphatic rings. The van der Waals surface area contributed by atoms with Gasteiger partial charge in [-0.2, -0.15) is 0 Å². The Morgan fingerprint density at radius 3 is 2.34 bits per heavy atom. The Bertz CT molecular complexity index is 971. The fraction of sp³-hybridized carbons (Fsp3) is 0.300. The Morgan fingerprint density at radius 1 is 1.07 bits per heavy atom. The highest BCUT2D eigenvalue weighted by molar-refractivity contribution is 7.93. The summed E-state index contributed by atoms with van der Waals surface area (Å²) >= 11 is 0. The average molecular weight is 418 g/mol. The van der Waals surface area contributed by atoms with E-state index < -0.39 is 28.5 Å². The maximum atomic E-state index is 12.1. The van der Waals surface area contributed by atoms with Crippen LogP contribution in [0.4, 0.5) is 5.69 Å². The van der Waals surface area contributed by atoms with Gasteiger partial charge in [-0.25, -0.2) is 13.2 Å². The van der Waals surface area contributed by atoms with E-state index in [-0.39, 0.29) is 11.3 Å². The summed E-state index contributed by atoms with van der Waals surface area (Å²) in [7, 11) is -1.69. The summed E-state index contributed by atoms with van der Waals surface area (Å²) in [6.07, 6.45) is 0.581. The molecule has 1 heterocycles. The molecule has 2 aromatic carbocycles. The molecule has 154 valence electrons. The van der Waals surface area contributed by atoms with E-state index in [0.29, 0.717) is 25.2 Å². The van der Waals surface area contributed by atoms with Crippen LogP contribution in [0.3, 0.4) is 0 Å². The first kappa shape index (κ1) is 20.7. The van der Waals surface area contributed by atoms with Gasteiger partial charge in [-0.3, -0.25) is 9.10 Å². The van der Waals surface area contributed by atoms with Gasteiger partial charge in [-0.05, 0) is 48.4 Å². The molecule has 29 heavy (non-hydrogen) atoms. The van der Waals surface area contributed by atoms with Crippen molar-refractivity contribution in [2.45, 2.75) is 13.0 Å². The number of amides is 1. The Labute approximate surface area is 169 Å². The van der Waals surface area contributed by atoms with Gasteiger partial charge < -0.3 is 14.8 Å². The topological polar surface area (TPSA) is 102 Å². The SMILES string of the molecule is COc1ccc(CNC(=O)COC(=O)c2ccc(N3CCCS3(=O)=O)cc2)cc1. The summed E-state index contributed by atoms with van der Waals surface area (Å²) in [5, 5.41) is 2.67. The second kappa shape index (κ2) is 8.95. The molecule has 0 bridgehead atoms. The highest BCUT2D eigenvalue weighted by Crippen LogP contribution is 2.24. The minimum atomic E-state index is -3.27. The molecule has 1 aliphatic heterocycles. The minimum Gasteiger partial charge on any atom is -0.497 e. The molecule has 0 aromatic heterocycles. The summed E-state index contributed by atoms with van der Waals surface area (Å²) in [4.78, 5) is 24.0. The lowest BCUT2D eigenvalue weighted by molar-refractivity contribution is -0.124. The first-order chi connectivity index (χ1) is 13.9. The normalized spacial score (nSPS) is 15.0. The second-order valence-corrected chi connectivity index (χ2v) is 8.50. The zero-order valence-corrected chi connectivity index (χ0v) is 16.8. The van der Waals surface area contributed by atoms with Gasteiger partial charge in [-0.1, -0.05) is 12.1 Å². The number of nitrogens with one attached hydrogen (secondary N) is 1. The van der Waals surface area contributed by atoms with Crippen molar-refractivity contribution in [1.82, 2.24) is 5.32 Å². The van der Waals surface area contributed by atoms with Gasteiger partial charge in [0.2, 0.25) is 10.0 Å². The fourth-order valence-electron chi connectivity index (χ4n) is 2.90. The van der Waals surface area contributed by atoms with E-state index >= 15 is 0 Å². The number of hydrogen-bond donors (Lipinski definition) is 1. The van der Waals surface area contributed by atoms with E-state index in [1.54, 1.807) is 31.4 Å². The number of esters is 1. The van der Waals surface area contributed by atoms with Crippen molar-refractivity contribution < 1.29 is 27.5 Å². The van der Waals surface area contributed by atoms with E-state index in [1.165, 1.54) is 16.4 Å². The lowest BCUT2D eigenvalue weighted by Crippen LogP contribution is -2.28. The molecule has 0 atom stereocenters. The van der Waals surface area contributed by atoms with Crippen molar-refractivity contribution in [3.63, 3.8) is 0 Å². The summed E-state index contributed by atoms with van der Waals surface area (Å²) in [5.74, 6) is -0.223. The molecule has 2 aromatic rings. The number of ether oxygens (including phenoxy) is 2. The third kappa shape index (κ3) is 5.26. The van der Waals surface area contributed by atoms with Crippen LogP contribution in [0.2, 0.25) is 0 Å². The smallest absolute Gasteiger partial charge is 0.338 e. The van der Waals surface area contributed by atoms with Gasteiger partial charge in [0.1, 0.15) is 5.75 Å². The Hall–Kier alpha value is -3.07. The van der Waals surface area contributed by atoms with Crippen LogP contribution in [0.1, 0.15) is 22.3 Å². The summed E-state index contributed by atoms with van der Waals surface area (Å²) < 4.78 is 35.3. The number of anilines is 1. The number of rotatable bonds is 7. The van der Waals surface area contributed by atoms with Crippen molar-refractivity contribution in [3.05, 3.63) is 59.7 Å². The predicted octanol–water partition coefficient (Wildman–Crippen LogP) is 1.71. The standard InChI is InChI=1S/C20H22N2O6S/c1-27-18-9-3-15(4-10-18)13-21-19(23)14-28-20(24)16-5-7-17(8-6-16)22-11-2-12-29(22,25)26/h3-10H,2,11-14H2,1H3,(H,21,23). The zero-order chi connectivity index (χ0) is 20.9. The fourth-order valence-corrected chi connectivity index (χ4v) is 4.47. The molecule has 1 amide bonds. The monoisotopic (exact) mass is 418 g/mol. The average Bonchev–Trinajstić information content (AvgIpc) is 3.09. The quantitative estimate of drug-likeness (QED) is 0.687. The molecule has 0 radical (unpaired) electrons. The zero-order valence-electron chi connectivity index (χ0n) is 16.0. The highest BCUT2D eigenvalue weighted by Gasteiger charge is 2.28. The van der Waals surface area contributed by atoms with E-state index in [4.69, 9.17) is 9.47 Å². The lowest BCUT2D eigenvalue weighted by Gasteiger charge is -2.16. The number of nitrogens with zero attached hydrogens (tertiary/aromatic N) is 1. The predicted molar refractivity (Wildman–Crippen MR) is 107 cm³/mol.